The molecule has 2 aromatic carbocycles. The summed E-state index contributed by atoms with van der Waals surface area (Å²) in [4.78, 5) is 14.5. The zero-order valence-corrected chi connectivity index (χ0v) is 17.8. The summed E-state index contributed by atoms with van der Waals surface area (Å²) in [6.45, 7) is 8.21. The van der Waals surface area contributed by atoms with Crippen LogP contribution in [0.15, 0.2) is 42.5 Å². The number of rotatable bonds is 8. The van der Waals surface area contributed by atoms with Crippen LogP contribution in [0.4, 0.5) is 5.69 Å². The minimum atomic E-state index is -0.979. The van der Waals surface area contributed by atoms with E-state index in [1.165, 1.54) is 0 Å². The standard InChI is InChI=1S/C24H29N3O3/c1-4-17-7-10-22(30-20-11-12-27(15-20)16(2)3)21(13-17)23(24(28)29)26-19-8-5-18(14-25)6-9-19/h5-10,13,16,20,23,26H,4,11-12,15H2,1-3H3,(H,28,29). The maximum Gasteiger partial charge on any atom is 0.330 e. The van der Waals surface area contributed by atoms with E-state index in [1.807, 2.05) is 25.1 Å². The van der Waals surface area contributed by atoms with E-state index in [4.69, 9.17) is 10.00 Å². The summed E-state index contributed by atoms with van der Waals surface area (Å²) < 4.78 is 6.30. The molecule has 1 saturated heterocycles. The van der Waals surface area contributed by atoms with Crippen LogP contribution in [0.3, 0.4) is 0 Å². The number of ether oxygens (including phenoxy) is 1. The molecule has 158 valence electrons. The molecule has 2 N–H and O–H groups in total. The van der Waals surface area contributed by atoms with Gasteiger partial charge in [0.1, 0.15) is 11.9 Å². The third kappa shape index (κ3) is 5.11. The predicted octanol–water partition coefficient (Wildman–Crippen LogP) is 4.22. The number of aliphatic carboxylic acids is 1. The Morgan fingerprint density at radius 1 is 1.30 bits per heavy atom. The molecule has 0 radical (unpaired) electrons. The summed E-state index contributed by atoms with van der Waals surface area (Å²) >= 11 is 0. The van der Waals surface area contributed by atoms with Gasteiger partial charge in [-0.2, -0.15) is 5.26 Å². The first-order chi connectivity index (χ1) is 14.4. The lowest BCUT2D eigenvalue weighted by Crippen LogP contribution is -2.31. The van der Waals surface area contributed by atoms with Gasteiger partial charge in [-0.05, 0) is 68.7 Å². The molecule has 1 aliphatic rings. The number of nitrogens with zero attached hydrogens (tertiary/aromatic N) is 2. The normalized spacial score (nSPS) is 17.5. The maximum atomic E-state index is 12.2. The van der Waals surface area contributed by atoms with Crippen LogP contribution < -0.4 is 10.1 Å². The Bertz CT molecular complexity index is 918. The fourth-order valence-corrected chi connectivity index (χ4v) is 3.73. The molecule has 0 aliphatic carbocycles. The lowest BCUT2D eigenvalue weighted by Gasteiger charge is -2.24. The van der Waals surface area contributed by atoms with Crippen LogP contribution in [0.2, 0.25) is 0 Å². The van der Waals surface area contributed by atoms with Crippen molar-refractivity contribution >= 4 is 11.7 Å². The van der Waals surface area contributed by atoms with Crippen molar-refractivity contribution in [1.82, 2.24) is 4.90 Å². The topological polar surface area (TPSA) is 85.6 Å². The number of anilines is 1. The van der Waals surface area contributed by atoms with E-state index in [-0.39, 0.29) is 6.10 Å². The van der Waals surface area contributed by atoms with E-state index in [0.29, 0.717) is 28.6 Å². The molecule has 0 spiro atoms. The third-order valence-electron chi connectivity index (χ3n) is 5.57. The van der Waals surface area contributed by atoms with Crippen molar-refractivity contribution in [2.24, 2.45) is 0 Å². The molecule has 0 bridgehead atoms. The van der Waals surface area contributed by atoms with E-state index in [1.54, 1.807) is 24.3 Å². The summed E-state index contributed by atoms with van der Waals surface area (Å²) in [6.07, 6.45) is 1.78. The lowest BCUT2D eigenvalue weighted by molar-refractivity contribution is -0.138. The van der Waals surface area contributed by atoms with Gasteiger partial charge in [0.25, 0.3) is 0 Å². The van der Waals surface area contributed by atoms with Crippen molar-refractivity contribution < 1.29 is 14.6 Å². The molecule has 3 rings (SSSR count). The fraction of sp³-hybridized carbons (Fsp3) is 0.417. The Kier molecular flexibility index (Phi) is 6.96. The summed E-state index contributed by atoms with van der Waals surface area (Å²) in [7, 11) is 0. The average Bonchev–Trinajstić information content (AvgIpc) is 3.21. The number of carboxylic acids is 1. The molecule has 6 heteroatoms. The van der Waals surface area contributed by atoms with Gasteiger partial charge in [0.15, 0.2) is 6.04 Å². The van der Waals surface area contributed by atoms with Crippen molar-refractivity contribution in [3.8, 4) is 11.8 Å². The summed E-state index contributed by atoms with van der Waals surface area (Å²) in [5.74, 6) is -0.371. The first-order valence-corrected chi connectivity index (χ1v) is 10.4. The third-order valence-corrected chi connectivity index (χ3v) is 5.57. The van der Waals surface area contributed by atoms with E-state index in [9.17, 15) is 9.90 Å². The fourth-order valence-electron chi connectivity index (χ4n) is 3.73. The first kappa shape index (κ1) is 21.7. The van der Waals surface area contributed by atoms with E-state index in [0.717, 1.165) is 31.5 Å². The number of carboxylic acid groups (broad SMARTS) is 1. The molecular weight excluding hydrogens is 378 g/mol. The van der Waals surface area contributed by atoms with Crippen molar-refractivity contribution in [3.05, 3.63) is 59.2 Å². The highest BCUT2D eigenvalue weighted by Gasteiger charge is 2.29. The Hall–Kier alpha value is -3.04. The number of nitrogens with one attached hydrogen (secondary N) is 1. The van der Waals surface area contributed by atoms with E-state index in [2.05, 4.69) is 30.1 Å². The van der Waals surface area contributed by atoms with Crippen molar-refractivity contribution in [1.29, 1.82) is 5.26 Å². The van der Waals surface area contributed by atoms with Crippen LogP contribution >= 0.6 is 0 Å². The molecule has 30 heavy (non-hydrogen) atoms. The van der Waals surface area contributed by atoms with Crippen LogP contribution in [0.25, 0.3) is 0 Å². The first-order valence-electron chi connectivity index (χ1n) is 10.4. The Balaban J connectivity index is 1.88. The second kappa shape index (κ2) is 9.64. The van der Waals surface area contributed by atoms with Crippen LogP contribution in [0.1, 0.15) is 49.9 Å². The maximum absolute atomic E-state index is 12.2. The predicted molar refractivity (Wildman–Crippen MR) is 117 cm³/mol. The zero-order valence-electron chi connectivity index (χ0n) is 17.8. The van der Waals surface area contributed by atoms with Gasteiger partial charge in [0, 0.05) is 30.4 Å². The highest BCUT2D eigenvalue weighted by Crippen LogP contribution is 2.32. The molecule has 6 nitrogen and oxygen atoms in total. The van der Waals surface area contributed by atoms with Gasteiger partial charge in [-0.15, -0.1) is 0 Å². The van der Waals surface area contributed by atoms with Gasteiger partial charge in [-0.25, -0.2) is 4.79 Å². The smallest absolute Gasteiger partial charge is 0.330 e. The van der Waals surface area contributed by atoms with E-state index >= 15 is 0 Å². The minimum absolute atomic E-state index is 0.0444. The molecule has 2 atom stereocenters. The van der Waals surface area contributed by atoms with Crippen LogP contribution in [0.5, 0.6) is 5.75 Å². The number of nitriles is 1. The number of hydrogen-bond acceptors (Lipinski definition) is 5. The summed E-state index contributed by atoms with van der Waals surface area (Å²) in [6, 6.07) is 14.1. The van der Waals surface area contributed by atoms with E-state index < -0.39 is 12.0 Å². The second-order valence-electron chi connectivity index (χ2n) is 7.95. The van der Waals surface area contributed by atoms with Gasteiger partial charge < -0.3 is 15.2 Å². The zero-order chi connectivity index (χ0) is 21.7. The minimum Gasteiger partial charge on any atom is -0.489 e. The quantitative estimate of drug-likeness (QED) is 0.681. The molecule has 1 heterocycles. The van der Waals surface area contributed by atoms with Gasteiger partial charge in [-0.1, -0.05) is 13.0 Å². The molecular formula is C24H29N3O3. The molecule has 0 amide bonds. The van der Waals surface area contributed by atoms with Gasteiger partial charge >= 0.3 is 5.97 Å². The van der Waals surface area contributed by atoms with Crippen LogP contribution in [-0.2, 0) is 11.2 Å². The molecule has 2 aromatic rings. The molecule has 1 aliphatic heterocycles. The van der Waals surface area contributed by atoms with Gasteiger partial charge in [-0.3, -0.25) is 4.90 Å². The van der Waals surface area contributed by atoms with Crippen molar-refractivity contribution in [3.63, 3.8) is 0 Å². The SMILES string of the molecule is CCc1ccc(OC2CCN(C(C)C)C2)c(C(Nc2ccc(C#N)cc2)C(=O)O)c1. The largest absolute Gasteiger partial charge is 0.489 e. The Morgan fingerprint density at radius 3 is 2.60 bits per heavy atom. The lowest BCUT2D eigenvalue weighted by atomic mass is 10.0. The summed E-state index contributed by atoms with van der Waals surface area (Å²) in [5, 5.41) is 22.0. The number of carbonyl (C=O) groups is 1. The second-order valence-corrected chi connectivity index (χ2v) is 7.95. The highest BCUT2D eigenvalue weighted by atomic mass is 16.5. The number of likely N-dealkylation sites (tertiary alicyclic amines) is 1. The van der Waals surface area contributed by atoms with Gasteiger partial charge in [0.05, 0.1) is 11.6 Å². The monoisotopic (exact) mass is 407 g/mol. The number of benzene rings is 2. The Morgan fingerprint density at radius 2 is 2.03 bits per heavy atom. The van der Waals surface area contributed by atoms with Crippen LogP contribution in [-0.4, -0.2) is 41.2 Å². The van der Waals surface area contributed by atoms with Crippen molar-refractivity contribution in [2.75, 3.05) is 18.4 Å². The molecule has 1 fully saturated rings. The number of hydrogen-bond donors (Lipinski definition) is 2. The van der Waals surface area contributed by atoms with Gasteiger partial charge in [0.2, 0.25) is 0 Å². The molecule has 2 unspecified atom stereocenters. The summed E-state index contributed by atoms with van der Waals surface area (Å²) in [5.41, 5.74) is 2.84. The molecule has 0 aromatic heterocycles. The molecule has 0 saturated carbocycles. The number of aryl methyl sites for hydroxylation is 1. The van der Waals surface area contributed by atoms with Crippen LogP contribution in [0, 0.1) is 11.3 Å². The van der Waals surface area contributed by atoms with Crippen molar-refractivity contribution in [2.45, 2.75) is 51.8 Å². The average molecular weight is 408 g/mol. The Labute approximate surface area is 178 Å². The highest BCUT2D eigenvalue weighted by molar-refractivity contribution is 5.80.